The first-order valence-corrected chi connectivity index (χ1v) is 11.7. The van der Waals surface area contributed by atoms with Crippen molar-refractivity contribution in [3.05, 3.63) is 70.2 Å². The molecule has 3 aromatic rings. The molecule has 0 saturated carbocycles. The van der Waals surface area contributed by atoms with Crippen LogP contribution in [0.15, 0.2) is 48.5 Å². The number of carbonyl (C=O) groups excluding carboxylic acids is 1. The number of ether oxygens (including phenoxy) is 3. The smallest absolute Gasteiger partial charge is 0.497 e. The van der Waals surface area contributed by atoms with E-state index in [0.717, 1.165) is 7.11 Å². The SMILES string of the molecule is COC(=O)C(OCc1ccc(OC)cc1)c1c(C)cc2cc(Cl)ccc2c1OS(=O)(=O)C(F)(F)F. The number of esters is 1. The van der Waals surface area contributed by atoms with Crippen LogP contribution in [-0.2, 0) is 31.0 Å². The van der Waals surface area contributed by atoms with Crippen molar-refractivity contribution in [1.82, 2.24) is 0 Å². The lowest BCUT2D eigenvalue weighted by molar-refractivity contribution is -0.155. The first-order valence-electron chi connectivity index (χ1n) is 9.94. The number of carbonyl (C=O) groups is 1. The second-order valence-electron chi connectivity index (χ2n) is 7.35. The Bertz CT molecular complexity index is 1340. The van der Waals surface area contributed by atoms with Crippen molar-refractivity contribution in [2.45, 2.75) is 25.1 Å². The van der Waals surface area contributed by atoms with E-state index in [1.54, 1.807) is 24.3 Å². The van der Waals surface area contributed by atoms with Crippen molar-refractivity contribution in [3.63, 3.8) is 0 Å². The molecular formula is C23H20ClF3O7S. The molecular weight excluding hydrogens is 513 g/mol. The summed E-state index contributed by atoms with van der Waals surface area (Å²) >= 11 is 6.00. The van der Waals surface area contributed by atoms with Gasteiger partial charge < -0.3 is 18.4 Å². The van der Waals surface area contributed by atoms with E-state index in [2.05, 4.69) is 4.18 Å². The van der Waals surface area contributed by atoms with Gasteiger partial charge in [0.1, 0.15) is 5.75 Å². The van der Waals surface area contributed by atoms with Gasteiger partial charge in [0.15, 0.2) is 11.9 Å². The fourth-order valence-electron chi connectivity index (χ4n) is 3.35. The van der Waals surface area contributed by atoms with Gasteiger partial charge in [-0.2, -0.15) is 21.6 Å². The molecule has 7 nitrogen and oxygen atoms in total. The third-order valence-corrected chi connectivity index (χ3v) is 6.22. The molecule has 0 bridgehead atoms. The van der Waals surface area contributed by atoms with Crippen LogP contribution in [0.25, 0.3) is 10.8 Å². The van der Waals surface area contributed by atoms with Crippen LogP contribution in [0.4, 0.5) is 13.2 Å². The van der Waals surface area contributed by atoms with Crippen molar-refractivity contribution >= 4 is 38.5 Å². The standard InChI is InChI=1S/C23H20ClF3O7S/c1-13-10-15-11-16(24)6-9-18(15)20(34-35(29,30)23(25,26)27)19(13)21(22(28)32-3)33-12-14-4-7-17(31-2)8-5-14/h4-11,21H,12H2,1-3H3. The normalized spacial score (nSPS) is 12.9. The molecule has 0 N–H and O–H groups in total. The van der Waals surface area contributed by atoms with E-state index < -0.39 is 33.4 Å². The number of benzene rings is 3. The average molecular weight is 533 g/mol. The lowest BCUT2D eigenvalue weighted by Gasteiger charge is -2.23. The van der Waals surface area contributed by atoms with Crippen LogP contribution in [0.2, 0.25) is 5.02 Å². The van der Waals surface area contributed by atoms with Crippen molar-refractivity contribution in [2.75, 3.05) is 14.2 Å². The maximum absolute atomic E-state index is 13.2. The molecule has 3 aromatic carbocycles. The van der Waals surface area contributed by atoms with Crippen LogP contribution in [0.1, 0.15) is 22.8 Å². The number of halogens is 4. The molecule has 1 unspecified atom stereocenters. The highest BCUT2D eigenvalue weighted by Gasteiger charge is 2.49. The molecule has 0 heterocycles. The van der Waals surface area contributed by atoms with Gasteiger partial charge in [-0.3, -0.25) is 0 Å². The van der Waals surface area contributed by atoms with Gasteiger partial charge in [0, 0.05) is 16.0 Å². The lowest BCUT2D eigenvalue weighted by atomic mass is 9.96. The van der Waals surface area contributed by atoms with E-state index in [1.807, 2.05) is 0 Å². The Kier molecular flexibility index (Phi) is 7.83. The molecule has 188 valence electrons. The maximum atomic E-state index is 13.2. The Hall–Kier alpha value is -3.02. The molecule has 0 aliphatic heterocycles. The molecule has 3 rings (SSSR count). The quantitative estimate of drug-likeness (QED) is 0.216. The second-order valence-corrected chi connectivity index (χ2v) is 9.32. The van der Waals surface area contributed by atoms with E-state index in [0.29, 0.717) is 16.7 Å². The van der Waals surface area contributed by atoms with Gasteiger partial charge in [-0.25, -0.2) is 4.79 Å². The predicted octanol–water partition coefficient (Wildman–Crippen LogP) is 5.47. The summed E-state index contributed by atoms with van der Waals surface area (Å²) in [5, 5.41) is 0.532. The molecule has 35 heavy (non-hydrogen) atoms. The summed E-state index contributed by atoms with van der Waals surface area (Å²) in [5.41, 5.74) is -5.11. The average Bonchev–Trinajstić information content (AvgIpc) is 2.79. The summed E-state index contributed by atoms with van der Waals surface area (Å²) in [4.78, 5) is 12.7. The highest BCUT2D eigenvalue weighted by molar-refractivity contribution is 7.88. The summed E-state index contributed by atoms with van der Waals surface area (Å²) in [7, 11) is -3.53. The molecule has 0 amide bonds. The Morgan fingerprint density at radius 1 is 1.06 bits per heavy atom. The summed E-state index contributed by atoms with van der Waals surface area (Å²) in [6, 6.07) is 12.2. The molecule has 1 atom stereocenters. The van der Waals surface area contributed by atoms with Crippen LogP contribution in [0.3, 0.4) is 0 Å². The largest absolute Gasteiger partial charge is 0.534 e. The lowest BCUT2D eigenvalue weighted by Crippen LogP contribution is -2.29. The Morgan fingerprint density at radius 2 is 1.71 bits per heavy atom. The molecule has 0 radical (unpaired) electrons. The minimum Gasteiger partial charge on any atom is -0.497 e. The predicted molar refractivity (Wildman–Crippen MR) is 122 cm³/mol. The Labute approximate surface area is 204 Å². The van der Waals surface area contributed by atoms with Crippen LogP contribution >= 0.6 is 11.6 Å². The van der Waals surface area contributed by atoms with E-state index in [9.17, 15) is 26.4 Å². The van der Waals surface area contributed by atoms with Gasteiger partial charge in [-0.15, -0.1) is 0 Å². The summed E-state index contributed by atoms with van der Waals surface area (Å²) < 4.78 is 83.7. The van der Waals surface area contributed by atoms with E-state index >= 15 is 0 Å². The minimum absolute atomic E-state index is 0.0234. The number of rotatable bonds is 8. The van der Waals surface area contributed by atoms with Crippen LogP contribution in [0.5, 0.6) is 11.5 Å². The molecule has 0 spiro atoms. The van der Waals surface area contributed by atoms with E-state index in [-0.39, 0.29) is 28.1 Å². The molecule has 12 heteroatoms. The topological polar surface area (TPSA) is 88.1 Å². The Morgan fingerprint density at radius 3 is 2.29 bits per heavy atom. The number of hydrogen-bond donors (Lipinski definition) is 0. The van der Waals surface area contributed by atoms with Crippen molar-refractivity contribution in [2.24, 2.45) is 0 Å². The fourth-order valence-corrected chi connectivity index (χ4v) is 4.02. The number of hydrogen-bond acceptors (Lipinski definition) is 7. The molecule has 0 aliphatic carbocycles. The first-order chi connectivity index (χ1) is 16.4. The highest BCUT2D eigenvalue weighted by atomic mass is 35.5. The van der Waals surface area contributed by atoms with Crippen molar-refractivity contribution < 1.29 is 44.8 Å². The van der Waals surface area contributed by atoms with Crippen LogP contribution < -0.4 is 8.92 Å². The van der Waals surface area contributed by atoms with Gasteiger partial charge in [-0.1, -0.05) is 29.8 Å². The number of aryl methyl sites for hydroxylation is 1. The third-order valence-electron chi connectivity index (χ3n) is 5.03. The zero-order valence-electron chi connectivity index (χ0n) is 18.7. The zero-order chi connectivity index (χ0) is 26.0. The van der Waals surface area contributed by atoms with Crippen molar-refractivity contribution in [1.29, 1.82) is 0 Å². The van der Waals surface area contributed by atoms with Gasteiger partial charge in [0.05, 0.1) is 20.8 Å². The van der Waals surface area contributed by atoms with Gasteiger partial charge in [-0.05, 0) is 53.8 Å². The minimum atomic E-state index is -6.09. The first kappa shape index (κ1) is 26.6. The second kappa shape index (κ2) is 10.3. The van der Waals surface area contributed by atoms with Crippen LogP contribution in [-0.4, -0.2) is 34.1 Å². The highest BCUT2D eigenvalue weighted by Crippen LogP contribution is 2.42. The third kappa shape index (κ3) is 5.80. The van der Waals surface area contributed by atoms with Crippen LogP contribution in [0, 0.1) is 6.92 Å². The molecule has 0 fully saturated rings. The molecule has 0 aromatic heterocycles. The summed E-state index contributed by atoms with van der Waals surface area (Å²) in [6.07, 6.45) is -1.61. The number of fused-ring (bicyclic) bond motifs is 1. The summed E-state index contributed by atoms with van der Waals surface area (Å²) in [5.74, 6) is -1.10. The maximum Gasteiger partial charge on any atom is 0.534 e. The molecule has 0 aliphatic rings. The fraction of sp³-hybridized carbons (Fsp3) is 0.261. The number of alkyl halides is 3. The molecule has 0 saturated heterocycles. The van der Waals surface area contributed by atoms with Gasteiger partial charge in [0.25, 0.3) is 0 Å². The van der Waals surface area contributed by atoms with E-state index in [1.165, 1.54) is 38.3 Å². The number of methoxy groups -OCH3 is 2. The summed E-state index contributed by atoms with van der Waals surface area (Å²) in [6.45, 7) is 1.31. The van der Waals surface area contributed by atoms with Crippen molar-refractivity contribution in [3.8, 4) is 11.5 Å². The Balaban J connectivity index is 2.17. The van der Waals surface area contributed by atoms with Gasteiger partial charge >= 0.3 is 21.6 Å². The van der Waals surface area contributed by atoms with E-state index in [4.69, 9.17) is 25.8 Å². The monoisotopic (exact) mass is 532 g/mol. The van der Waals surface area contributed by atoms with Gasteiger partial charge in [0.2, 0.25) is 0 Å². The zero-order valence-corrected chi connectivity index (χ0v) is 20.3.